The lowest BCUT2D eigenvalue weighted by Gasteiger charge is -2.40. The lowest BCUT2D eigenvalue weighted by molar-refractivity contribution is 0.0843. The molecule has 1 aliphatic heterocycles. The molecule has 5 heteroatoms. The number of nitrogens with zero attached hydrogens (tertiary/aromatic N) is 3. The number of hydrogen-bond donors (Lipinski definition) is 1. The molecular weight excluding hydrogens is 384 g/mol. The number of nitrogens with one attached hydrogen (secondary N) is 1. The number of para-hydroxylation sites is 1. The summed E-state index contributed by atoms with van der Waals surface area (Å²) in [5.74, 6) is 0.249. The van der Waals surface area contributed by atoms with Gasteiger partial charge in [0.1, 0.15) is 0 Å². The summed E-state index contributed by atoms with van der Waals surface area (Å²) in [7, 11) is 2.18. The van der Waals surface area contributed by atoms with E-state index in [0.717, 1.165) is 42.8 Å². The Bertz CT molecular complexity index is 1030. The van der Waals surface area contributed by atoms with Crippen LogP contribution in [0.2, 0.25) is 0 Å². The van der Waals surface area contributed by atoms with Gasteiger partial charge < -0.3 is 10.2 Å². The minimum absolute atomic E-state index is 0.0223. The van der Waals surface area contributed by atoms with Crippen LogP contribution in [-0.2, 0) is 0 Å². The van der Waals surface area contributed by atoms with E-state index in [1.165, 1.54) is 5.56 Å². The molecule has 2 aromatic carbocycles. The Kier molecular flexibility index (Phi) is 6.64. The number of carbonyl (C=O) groups excluding carboxylic acids is 1. The van der Waals surface area contributed by atoms with Crippen molar-refractivity contribution >= 4 is 16.8 Å². The highest BCUT2D eigenvalue weighted by Crippen LogP contribution is 2.25. The molecule has 162 valence electrons. The smallest absolute Gasteiger partial charge is 0.252 e. The second-order valence-electron chi connectivity index (χ2n) is 8.75. The van der Waals surface area contributed by atoms with Gasteiger partial charge in [0.15, 0.2) is 0 Å². The summed E-state index contributed by atoms with van der Waals surface area (Å²) < 4.78 is 0. The monoisotopic (exact) mass is 416 g/mol. The highest BCUT2D eigenvalue weighted by molar-refractivity contribution is 6.06. The first kappa shape index (κ1) is 21.5. The molecule has 1 aromatic heterocycles. The fraction of sp³-hybridized carbons (Fsp3) is 0.385. The molecule has 1 unspecified atom stereocenters. The number of amides is 1. The Balaban J connectivity index is 1.46. The van der Waals surface area contributed by atoms with Crippen LogP contribution in [0.25, 0.3) is 10.9 Å². The molecule has 1 fully saturated rings. The summed E-state index contributed by atoms with van der Waals surface area (Å²) in [6, 6.07) is 20.9. The predicted molar refractivity (Wildman–Crippen MR) is 126 cm³/mol. The number of hydrogen-bond acceptors (Lipinski definition) is 4. The van der Waals surface area contributed by atoms with Crippen LogP contribution in [0.1, 0.15) is 47.4 Å². The van der Waals surface area contributed by atoms with E-state index in [9.17, 15) is 4.79 Å². The van der Waals surface area contributed by atoms with E-state index in [1.54, 1.807) is 0 Å². The van der Waals surface area contributed by atoms with Crippen molar-refractivity contribution in [3.05, 3.63) is 77.5 Å². The van der Waals surface area contributed by atoms with Gasteiger partial charge in [-0.2, -0.15) is 0 Å². The van der Waals surface area contributed by atoms with Gasteiger partial charge in [-0.1, -0.05) is 62.4 Å². The summed E-state index contributed by atoms with van der Waals surface area (Å²) in [5, 5.41) is 4.07. The molecule has 0 bridgehead atoms. The van der Waals surface area contributed by atoms with Crippen molar-refractivity contribution in [2.24, 2.45) is 0 Å². The molecule has 0 saturated carbocycles. The predicted octanol–water partition coefficient (Wildman–Crippen LogP) is 4.08. The molecule has 0 aliphatic carbocycles. The molecule has 1 aliphatic rings. The molecule has 1 amide bonds. The molecule has 2 heterocycles. The quantitative estimate of drug-likeness (QED) is 0.658. The van der Waals surface area contributed by atoms with Gasteiger partial charge in [-0.15, -0.1) is 0 Å². The lowest BCUT2D eigenvalue weighted by atomic mass is 10.0. The van der Waals surface area contributed by atoms with Crippen LogP contribution in [0.15, 0.2) is 60.7 Å². The summed E-state index contributed by atoms with van der Waals surface area (Å²) in [6.07, 6.45) is 0. The highest BCUT2D eigenvalue weighted by Gasteiger charge is 2.26. The number of rotatable bonds is 6. The van der Waals surface area contributed by atoms with Gasteiger partial charge in [-0.25, -0.2) is 0 Å². The molecule has 1 atom stereocenters. The topological polar surface area (TPSA) is 48.5 Å². The van der Waals surface area contributed by atoms with E-state index in [4.69, 9.17) is 4.98 Å². The van der Waals surface area contributed by atoms with Crippen LogP contribution < -0.4 is 5.32 Å². The minimum Gasteiger partial charge on any atom is -0.351 e. The van der Waals surface area contributed by atoms with Crippen molar-refractivity contribution in [1.82, 2.24) is 20.1 Å². The van der Waals surface area contributed by atoms with E-state index in [2.05, 4.69) is 66.3 Å². The molecule has 0 spiro atoms. The second kappa shape index (κ2) is 9.58. The fourth-order valence-electron chi connectivity index (χ4n) is 4.30. The van der Waals surface area contributed by atoms with Crippen molar-refractivity contribution in [1.29, 1.82) is 0 Å². The normalized spacial score (nSPS) is 17.9. The molecule has 5 nitrogen and oxygen atoms in total. The van der Waals surface area contributed by atoms with Crippen LogP contribution in [0.5, 0.6) is 0 Å². The minimum atomic E-state index is -0.0223. The van der Waals surface area contributed by atoms with E-state index in [-0.39, 0.29) is 11.8 Å². The number of piperazine rings is 1. The Hall–Kier alpha value is -2.76. The van der Waals surface area contributed by atoms with E-state index in [0.29, 0.717) is 18.2 Å². The third-order valence-corrected chi connectivity index (χ3v) is 6.14. The number of aromatic nitrogens is 1. The maximum absolute atomic E-state index is 13.1. The maximum Gasteiger partial charge on any atom is 0.252 e. The van der Waals surface area contributed by atoms with Gasteiger partial charge in [0.2, 0.25) is 0 Å². The van der Waals surface area contributed by atoms with Crippen molar-refractivity contribution in [2.75, 3.05) is 39.8 Å². The second-order valence-corrected chi connectivity index (χ2v) is 8.75. The molecule has 1 saturated heterocycles. The molecule has 4 rings (SSSR count). The number of fused-ring (bicyclic) bond motifs is 1. The average molecular weight is 417 g/mol. The molecule has 0 radical (unpaired) electrons. The Morgan fingerprint density at radius 2 is 1.84 bits per heavy atom. The summed E-state index contributed by atoms with van der Waals surface area (Å²) >= 11 is 0. The van der Waals surface area contributed by atoms with Crippen LogP contribution in [-0.4, -0.2) is 60.5 Å². The zero-order valence-electron chi connectivity index (χ0n) is 18.7. The van der Waals surface area contributed by atoms with Crippen molar-refractivity contribution in [2.45, 2.75) is 25.8 Å². The number of benzene rings is 2. The van der Waals surface area contributed by atoms with Crippen molar-refractivity contribution in [3.8, 4) is 0 Å². The van der Waals surface area contributed by atoms with Crippen molar-refractivity contribution < 1.29 is 4.79 Å². The first-order valence-corrected chi connectivity index (χ1v) is 11.2. The highest BCUT2D eigenvalue weighted by atomic mass is 16.1. The zero-order chi connectivity index (χ0) is 21.8. The standard InChI is InChI=1S/C26H32N4O/c1-19(2)24-17-22(21-11-7-8-12-23(21)28-24)26(31)27-13-14-30-16-15-29(3)18-25(30)20-9-5-4-6-10-20/h4-12,17,19,25H,13-16,18H2,1-3H3,(H,27,31). The Morgan fingerprint density at radius 1 is 1.10 bits per heavy atom. The van der Waals surface area contributed by atoms with Gasteiger partial charge >= 0.3 is 0 Å². The SMILES string of the molecule is CC(C)c1cc(C(=O)NCCN2CCN(C)CC2c2ccccc2)c2ccccc2n1. The molecule has 1 N–H and O–H groups in total. The molecule has 3 aromatic rings. The largest absolute Gasteiger partial charge is 0.351 e. The Morgan fingerprint density at radius 3 is 2.61 bits per heavy atom. The van der Waals surface area contributed by atoms with Crippen LogP contribution >= 0.6 is 0 Å². The number of carbonyl (C=O) groups is 1. The van der Waals surface area contributed by atoms with E-state index >= 15 is 0 Å². The summed E-state index contributed by atoms with van der Waals surface area (Å²) in [4.78, 5) is 22.7. The van der Waals surface area contributed by atoms with Crippen LogP contribution in [0.4, 0.5) is 0 Å². The van der Waals surface area contributed by atoms with Crippen LogP contribution in [0, 0.1) is 0 Å². The third-order valence-electron chi connectivity index (χ3n) is 6.14. The van der Waals surface area contributed by atoms with E-state index in [1.807, 2.05) is 30.3 Å². The number of pyridine rings is 1. The van der Waals surface area contributed by atoms with E-state index < -0.39 is 0 Å². The fourth-order valence-corrected chi connectivity index (χ4v) is 4.30. The van der Waals surface area contributed by atoms with Crippen LogP contribution in [0.3, 0.4) is 0 Å². The summed E-state index contributed by atoms with van der Waals surface area (Å²) in [6.45, 7) is 8.72. The Labute approximate surface area is 185 Å². The van der Waals surface area contributed by atoms with Gasteiger partial charge in [-0.3, -0.25) is 14.7 Å². The lowest BCUT2D eigenvalue weighted by Crippen LogP contribution is -2.49. The summed E-state index contributed by atoms with van der Waals surface area (Å²) in [5.41, 5.74) is 3.88. The molecule has 31 heavy (non-hydrogen) atoms. The average Bonchev–Trinajstić information content (AvgIpc) is 2.79. The van der Waals surface area contributed by atoms with Crippen molar-refractivity contribution in [3.63, 3.8) is 0 Å². The number of likely N-dealkylation sites (N-methyl/N-ethyl adjacent to an activating group) is 1. The van der Waals surface area contributed by atoms with Gasteiger partial charge in [-0.05, 0) is 30.7 Å². The first-order valence-electron chi connectivity index (χ1n) is 11.2. The van der Waals surface area contributed by atoms with Gasteiger partial charge in [0.05, 0.1) is 11.1 Å². The van der Waals surface area contributed by atoms with Gasteiger partial charge in [0, 0.05) is 49.8 Å². The van der Waals surface area contributed by atoms with Gasteiger partial charge in [0.25, 0.3) is 5.91 Å². The maximum atomic E-state index is 13.1. The first-order chi connectivity index (χ1) is 15.0. The third kappa shape index (κ3) is 4.94. The molecular formula is C26H32N4O. The zero-order valence-corrected chi connectivity index (χ0v) is 18.7.